The zero-order valence-corrected chi connectivity index (χ0v) is 17.4. The predicted molar refractivity (Wildman–Crippen MR) is 109 cm³/mol. The summed E-state index contributed by atoms with van der Waals surface area (Å²) >= 11 is 3.29. The smallest absolute Gasteiger partial charge is 0.248 e. The van der Waals surface area contributed by atoms with Gasteiger partial charge in [0.25, 0.3) is 0 Å². The van der Waals surface area contributed by atoms with Crippen LogP contribution in [0.3, 0.4) is 0 Å². The summed E-state index contributed by atoms with van der Waals surface area (Å²) in [4.78, 5) is 23.9. The second-order valence-electron chi connectivity index (χ2n) is 6.59. The number of carbonyl (C=O) groups excluding carboxylic acids is 2. The van der Waals surface area contributed by atoms with Gasteiger partial charge in [0.15, 0.2) is 0 Å². The fourth-order valence-corrected chi connectivity index (χ4v) is 4.88. The Bertz CT molecular complexity index is 975. The molecule has 0 aliphatic carbocycles. The molecule has 0 unspecified atom stereocenters. The first-order valence-corrected chi connectivity index (χ1v) is 11.0. The molecule has 148 valence electrons. The number of anilines is 1. The molecule has 3 N–H and O–H groups in total. The van der Waals surface area contributed by atoms with E-state index in [1.54, 1.807) is 36.4 Å². The van der Waals surface area contributed by atoms with Crippen molar-refractivity contribution in [1.29, 1.82) is 0 Å². The first-order chi connectivity index (χ1) is 13.3. The molecule has 7 nitrogen and oxygen atoms in total. The van der Waals surface area contributed by atoms with E-state index in [1.807, 2.05) is 0 Å². The zero-order chi connectivity index (χ0) is 20.3. The minimum Gasteiger partial charge on any atom is -0.366 e. The molecule has 1 aliphatic rings. The van der Waals surface area contributed by atoms with E-state index in [9.17, 15) is 18.0 Å². The average molecular weight is 466 g/mol. The molecule has 0 bridgehead atoms. The third kappa shape index (κ3) is 4.60. The number of benzene rings is 2. The molecule has 0 saturated carbocycles. The van der Waals surface area contributed by atoms with Crippen LogP contribution in [0.5, 0.6) is 0 Å². The number of piperidine rings is 1. The molecule has 1 fully saturated rings. The Kier molecular flexibility index (Phi) is 6.17. The first-order valence-electron chi connectivity index (χ1n) is 8.74. The van der Waals surface area contributed by atoms with Crippen LogP contribution in [0.15, 0.2) is 57.9 Å². The molecule has 2 amide bonds. The van der Waals surface area contributed by atoms with Crippen molar-refractivity contribution in [3.8, 4) is 0 Å². The van der Waals surface area contributed by atoms with Crippen LogP contribution >= 0.6 is 15.9 Å². The first kappa shape index (κ1) is 20.5. The van der Waals surface area contributed by atoms with Gasteiger partial charge in [-0.15, -0.1) is 0 Å². The van der Waals surface area contributed by atoms with Crippen LogP contribution in [0.2, 0.25) is 0 Å². The number of sulfonamides is 1. The number of nitrogens with zero attached hydrogens (tertiary/aromatic N) is 1. The molecule has 28 heavy (non-hydrogen) atoms. The van der Waals surface area contributed by atoms with Crippen LogP contribution in [0.4, 0.5) is 5.69 Å². The number of amides is 2. The van der Waals surface area contributed by atoms with Crippen LogP contribution in [-0.2, 0) is 14.8 Å². The summed E-state index contributed by atoms with van der Waals surface area (Å²) in [5, 5.41) is 2.78. The SMILES string of the molecule is NC(=O)c1ccc(NC(=O)[C@@H]2CCCN(S(=O)(=O)c3ccc(Br)cc3)C2)cc1. The van der Waals surface area contributed by atoms with E-state index in [1.165, 1.54) is 16.4 Å². The minimum atomic E-state index is -3.65. The van der Waals surface area contributed by atoms with Crippen molar-refractivity contribution in [3.63, 3.8) is 0 Å². The van der Waals surface area contributed by atoms with Gasteiger partial charge >= 0.3 is 0 Å². The van der Waals surface area contributed by atoms with Gasteiger partial charge in [0.1, 0.15) is 0 Å². The molecule has 1 saturated heterocycles. The van der Waals surface area contributed by atoms with Gasteiger partial charge in [-0.2, -0.15) is 4.31 Å². The summed E-state index contributed by atoms with van der Waals surface area (Å²) in [5.74, 6) is -1.24. The minimum absolute atomic E-state index is 0.129. The van der Waals surface area contributed by atoms with E-state index in [0.29, 0.717) is 30.6 Å². The summed E-state index contributed by atoms with van der Waals surface area (Å²) < 4.78 is 27.9. The van der Waals surface area contributed by atoms with E-state index in [-0.39, 0.29) is 17.3 Å². The Morgan fingerprint density at radius 2 is 1.71 bits per heavy atom. The maximum Gasteiger partial charge on any atom is 0.248 e. The summed E-state index contributed by atoms with van der Waals surface area (Å²) in [5.41, 5.74) is 6.08. The molecule has 2 aromatic carbocycles. The van der Waals surface area contributed by atoms with Crippen molar-refractivity contribution in [2.24, 2.45) is 11.7 Å². The van der Waals surface area contributed by atoms with Crippen LogP contribution in [0.25, 0.3) is 0 Å². The van der Waals surface area contributed by atoms with Gasteiger partial charge in [-0.1, -0.05) is 15.9 Å². The lowest BCUT2D eigenvalue weighted by Crippen LogP contribution is -2.43. The van der Waals surface area contributed by atoms with Crippen molar-refractivity contribution in [3.05, 3.63) is 58.6 Å². The summed E-state index contributed by atoms with van der Waals surface area (Å²) in [6.07, 6.45) is 1.21. The van der Waals surface area contributed by atoms with Gasteiger partial charge in [0.05, 0.1) is 10.8 Å². The fraction of sp³-hybridized carbons (Fsp3) is 0.263. The Morgan fingerprint density at radius 3 is 2.32 bits per heavy atom. The predicted octanol–water partition coefficient (Wildman–Crippen LogP) is 2.59. The maximum atomic E-state index is 12.9. The van der Waals surface area contributed by atoms with Crippen LogP contribution in [-0.4, -0.2) is 37.6 Å². The van der Waals surface area contributed by atoms with Gasteiger partial charge in [0.2, 0.25) is 21.8 Å². The quantitative estimate of drug-likeness (QED) is 0.706. The van der Waals surface area contributed by atoms with Gasteiger partial charge in [0, 0.05) is 28.8 Å². The number of nitrogens with one attached hydrogen (secondary N) is 1. The van der Waals surface area contributed by atoms with E-state index in [2.05, 4.69) is 21.2 Å². The third-order valence-corrected chi connectivity index (χ3v) is 7.05. The zero-order valence-electron chi connectivity index (χ0n) is 15.0. The van der Waals surface area contributed by atoms with E-state index in [0.717, 1.165) is 4.47 Å². The van der Waals surface area contributed by atoms with Gasteiger partial charge < -0.3 is 11.1 Å². The highest BCUT2D eigenvalue weighted by Gasteiger charge is 2.33. The van der Waals surface area contributed by atoms with Gasteiger partial charge in [-0.05, 0) is 61.4 Å². The number of rotatable bonds is 5. The van der Waals surface area contributed by atoms with E-state index < -0.39 is 21.8 Å². The number of primary amides is 1. The Balaban J connectivity index is 1.69. The second-order valence-corrected chi connectivity index (χ2v) is 9.44. The van der Waals surface area contributed by atoms with E-state index >= 15 is 0 Å². The maximum absolute atomic E-state index is 12.9. The highest BCUT2D eigenvalue weighted by atomic mass is 79.9. The number of hydrogen-bond acceptors (Lipinski definition) is 4. The lowest BCUT2D eigenvalue weighted by molar-refractivity contribution is -0.120. The number of nitrogens with two attached hydrogens (primary N) is 1. The topological polar surface area (TPSA) is 110 Å². The molecule has 1 heterocycles. The normalized spacial score (nSPS) is 17.8. The fourth-order valence-electron chi connectivity index (χ4n) is 3.09. The summed E-state index contributed by atoms with van der Waals surface area (Å²) in [6, 6.07) is 12.7. The highest BCUT2D eigenvalue weighted by Crippen LogP contribution is 2.25. The van der Waals surface area contributed by atoms with Crippen LogP contribution in [0, 0.1) is 5.92 Å². The average Bonchev–Trinajstić information content (AvgIpc) is 2.69. The molecule has 0 radical (unpaired) electrons. The Labute approximate surface area is 172 Å². The van der Waals surface area contributed by atoms with E-state index in [4.69, 9.17) is 5.73 Å². The molecular formula is C19H20BrN3O4S. The second kappa shape index (κ2) is 8.42. The molecular weight excluding hydrogens is 446 g/mol. The monoisotopic (exact) mass is 465 g/mol. The number of carbonyl (C=O) groups is 2. The van der Waals surface area contributed by atoms with Crippen molar-refractivity contribution in [2.75, 3.05) is 18.4 Å². The van der Waals surface area contributed by atoms with Crippen molar-refractivity contribution in [1.82, 2.24) is 4.31 Å². The largest absolute Gasteiger partial charge is 0.366 e. The lowest BCUT2D eigenvalue weighted by atomic mass is 9.98. The third-order valence-electron chi connectivity index (χ3n) is 4.64. The number of hydrogen-bond donors (Lipinski definition) is 2. The van der Waals surface area contributed by atoms with Crippen molar-refractivity contribution >= 4 is 43.5 Å². The van der Waals surface area contributed by atoms with Crippen LogP contribution in [0.1, 0.15) is 23.2 Å². The molecule has 0 spiro atoms. The van der Waals surface area contributed by atoms with Gasteiger partial charge in [-0.25, -0.2) is 8.42 Å². The van der Waals surface area contributed by atoms with Crippen molar-refractivity contribution in [2.45, 2.75) is 17.7 Å². The molecule has 2 aromatic rings. The lowest BCUT2D eigenvalue weighted by Gasteiger charge is -2.31. The van der Waals surface area contributed by atoms with Gasteiger partial charge in [-0.3, -0.25) is 9.59 Å². The standard InChI is InChI=1S/C19H20BrN3O4S/c20-15-5-9-17(10-6-15)28(26,27)23-11-1-2-14(12-23)19(25)22-16-7-3-13(4-8-16)18(21)24/h3-10,14H,1-2,11-12H2,(H2,21,24)(H,22,25)/t14-/m1/s1. The molecule has 1 atom stereocenters. The molecule has 9 heteroatoms. The van der Waals surface area contributed by atoms with Crippen LogP contribution < -0.4 is 11.1 Å². The Hall–Kier alpha value is -2.23. The van der Waals surface area contributed by atoms with Crippen molar-refractivity contribution < 1.29 is 18.0 Å². The number of halogens is 1. The molecule has 0 aromatic heterocycles. The molecule has 1 aliphatic heterocycles. The summed E-state index contributed by atoms with van der Waals surface area (Å²) in [7, 11) is -3.65. The molecule has 3 rings (SSSR count). The Morgan fingerprint density at radius 1 is 1.07 bits per heavy atom. The highest BCUT2D eigenvalue weighted by molar-refractivity contribution is 9.10. The summed E-state index contributed by atoms with van der Waals surface area (Å²) in [6.45, 7) is 0.513.